The quantitative estimate of drug-likeness (QED) is 0.940. The number of thiophene rings is 1. The summed E-state index contributed by atoms with van der Waals surface area (Å²) in [6.07, 6.45) is 1.48. The highest BCUT2D eigenvalue weighted by Crippen LogP contribution is 2.25. The molecule has 0 spiro atoms. The third-order valence-electron chi connectivity index (χ3n) is 3.80. The summed E-state index contributed by atoms with van der Waals surface area (Å²) in [6.45, 7) is 0.888. The van der Waals surface area contributed by atoms with E-state index < -0.39 is 10.0 Å². The molecule has 0 atom stereocenters. The highest BCUT2D eigenvalue weighted by molar-refractivity contribution is 7.89. The van der Waals surface area contributed by atoms with Crippen molar-refractivity contribution < 1.29 is 13.5 Å². The van der Waals surface area contributed by atoms with Gasteiger partial charge in [0, 0.05) is 23.3 Å². The minimum atomic E-state index is -3.46. The molecule has 21 heavy (non-hydrogen) atoms. The van der Waals surface area contributed by atoms with Gasteiger partial charge in [-0.05, 0) is 30.0 Å². The van der Waals surface area contributed by atoms with E-state index in [9.17, 15) is 8.42 Å². The Kier molecular flexibility index (Phi) is 4.12. The molecular weight excluding hydrogens is 306 g/mol. The number of nitrogens with zero attached hydrogens (tertiary/aromatic N) is 1. The Morgan fingerprint density at radius 2 is 1.76 bits per heavy atom. The monoisotopic (exact) mass is 323 g/mol. The van der Waals surface area contributed by atoms with Crippen LogP contribution in [-0.4, -0.2) is 30.9 Å². The number of sulfonamides is 1. The minimum absolute atomic E-state index is 0.119. The van der Waals surface area contributed by atoms with Crippen LogP contribution in [0.25, 0.3) is 0 Å². The number of aliphatic hydroxyl groups excluding tert-OH is 1. The zero-order valence-corrected chi connectivity index (χ0v) is 13.2. The van der Waals surface area contributed by atoms with Crippen molar-refractivity contribution in [2.75, 3.05) is 13.1 Å². The van der Waals surface area contributed by atoms with Gasteiger partial charge in [0.15, 0.2) is 0 Å². The van der Waals surface area contributed by atoms with Gasteiger partial charge in [-0.15, -0.1) is 11.3 Å². The van der Waals surface area contributed by atoms with E-state index >= 15 is 0 Å². The first-order valence-corrected chi connectivity index (χ1v) is 9.18. The molecule has 2 aromatic rings. The maximum absolute atomic E-state index is 12.7. The van der Waals surface area contributed by atoms with Crippen LogP contribution in [0.1, 0.15) is 16.0 Å². The molecule has 6 heteroatoms. The lowest BCUT2D eigenvalue weighted by Crippen LogP contribution is -2.33. The Labute approximate surface area is 128 Å². The van der Waals surface area contributed by atoms with E-state index in [1.165, 1.54) is 22.5 Å². The standard InChI is InChI=1S/C15H17NO3S2/c17-10-14-9-15(11-20-14)21(18,19)16-7-5-12-3-1-2-4-13(12)6-8-16/h1-4,9,11,17H,5-8,10H2. The SMILES string of the molecule is O=S(=O)(c1csc(CO)c1)N1CCc2ccccc2CC1. The lowest BCUT2D eigenvalue weighted by atomic mass is 10.0. The Balaban J connectivity index is 1.84. The molecule has 1 aromatic heterocycles. The molecule has 4 nitrogen and oxygen atoms in total. The second-order valence-electron chi connectivity index (χ2n) is 5.08. The van der Waals surface area contributed by atoms with Crippen LogP contribution in [0.5, 0.6) is 0 Å². The van der Waals surface area contributed by atoms with Crippen LogP contribution >= 0.6 is 11.3 Å². The van der Waals surface area contributed by atoms with Gasteiger partial charge >= 0.3 is 0 Å². The molecule has 1 aliphatic heterocycles. The number of fused-ring (bicyclic) bond motifs is 1. The molecule has 1 aromatic carbocycles. The normalized spacial score (nSPS) is 16.4. The molecule has 0 bridgehead atoms. The molecule has 1 aliphatic rings. The Morgan fingerprint density at radius 1 is 1.14 bits per heavy atom. The van der Waals surface area contributed by atoms with Gasteiger partial charge in [-0.25, -0.2) is 8.42 Å². The number of rotatable bonds is 3. The fourth-order valence-electron chi connectivity index (χ4n) is 2.62. The van der Waals surface area contributed by atoms with Gasteiger partial charge in [0.2, 0.25) is 10.0 Å². The molecular formula is C15H17NO3S2. The van der Waals surface area contributed by atoms with Crippen molar-refractivity contribution in [3.8, 4) is 0 Å². The maximum atomic E-state index is 12.7. The van der Waals surface area contributed by atoms with Gasteiger partial charge in [0.1, 0.15) is 0 Å². The first-order valence-electron chi connectivity index (χ1n) is 6.86. The fourth-order valence-corrected chi connectivity index (χ4v) is 5.18. The van der Waals surface area contributed by atoms with Gasteiger partial charge in [-0.1, -0.05) is 24.3 Å². The molecule has 0 unspecified atom stereocenters. The summed E-state index contributed by atoms with van der Waals surface area (Å²) in [5, 5.41) is 10.7. The molecule has 3 rings (SSSR count). The van der Waals surface area contributed by atoms with Crippen molar-refractivity contribution in [3.05, 3.63) is 51.7 Å². The van der Waals surface area contributed by atoms with Gasteiger partial charge in [0.05, 0.1) is 11.5 Å². The molecule has 0 saturated carbocycles. The van der Waals surface area contributed by atoms with Gasteiger partial charge in [-0.2, -0.15) is 4.31 Å². The highest BCUT2D eigenvalue weighted by atomic mass is 32.2. The van der Waals surface area contributed by atoms with Crippen molar-refractivity contribution in [1.82, 2.24) is 4.31 Å². The molecule has 0 fully saturated rings. The van der Waals surface area contributed by atoms with Crippen LogP contribution in [-0.2, 0) is 29.5 Å². The van der Waals surface area contributed by atoms with E-state index in [0.29, 0.717) is 22.9 Å². The first-order chi connectivity index (χ1) is 10.1. The summed E-state index contributed by atoms with van der Waals surface area (Å²) in [7, 11) is -3.46. The van der Waals surface area contributed by atoms with E-state index in [2.05, 4.69) is 12.1 Å². The minimum Gasteiger partial charge on any atom is -0.391 e. The molecule has 0 saturated heterocycles. The van der Waals surface area contributed by atoms with E-state index in [1.54, 1.807) is 15.8 Å². The number of aliphatic hydroxyl groups is 1. The zero-order valence-electron chi connectivity index (χ0n) is 11.5. The van der Waals surface area contributed by atoms with Crippen molar-refractivity contribution >= 4 is 21.4 Å². The average Bonchev–Trinajstić information content (AvgIpc) is 2.87. The number of benzene rings is 1. The van der Waals surface area contributed by atoms with Crippen molar-refractivity contribution in [1.29, 1.82) is 0 Å². The molecule has 0 aliphatic carbocycles. The zero-order chi connectivity index (χ0) is 14.9. The molecule has 0 amide bonds. The largest absolute Gasteiger partial charge is 0.391 e. The van der Waals surface area contributed by atoms with E-state index in [1.807, 2.05) is 12.1 Å². The van der Waals surface area contributed by atoms with Crippen molar-refractivity contribution in [2.45, 2.75) is 24.3 Å². The lowest BCUT2D eigenvalue weighted by Gasteiger charge is -2.18. The third-order valence-corrected chi connectivity index (χ3v) is 6.75. The van der Waals surface area contributed by atoms with Crippen LogP contribution in [0.15, 0.2) is 40.6 Å². The highest BCUT2D eigenvalue weighted by Gasteiger charge is 2.27. The predicted octanol–water partition coefficient (Wildman–Crippen LogP) is 2.03. The van der Waals surface area contributed by atoms with E-state index in [-0.39, 0.29) is 6.61 Å². The topological polar surface area (TPSA) is 57.6 Å². The summed E-state index contributed by atoms with van der Waals surface area (Å²) < 4.78 is 26.9. The third kappa shape index (κ3) is 2.89. The number of hydrogen-bond acceptors (Lipinski definition) is 4. The van der Waals surface area contributed by atoms with Crippen molar-refractivity contribution in [3.63, 3.8) is 0 Å². The van der Waals surface area contributed by atoms with Crippen LogP contribution in [0, 0.1) is 0 Å². The molecule has 2 heterocycles. The van der Waals surface area contributed by atoms with E-state index in [4.69, 9.17) is 5.11 Å². The summed E-state index contributed by atoms with van der Waals surface area (Å²) in [5.74, 6) is 0. The summed E-state index contributed by atoms with van der Waals surface area (Å²) in [6, 6.07) is 9.70. The number of hydrogen-bond donors (Lipinski definition) is 1. The fraction of sp³-hybridized carbons (Fsp3) is 0.333. The van der Waals surface area contributed by atoms with Gasteiger partial charge in [-0.3, -0.25) is 0 Å². The molecule has 1 N–H and O–H groups in total. The summed E-state index contributed by atoms with van der Waals surface area (Å²) in [4.78, 5) is 0.967. The van der Waals surface area contributed by atoms with Crippen LogP contribution in [0.2, 0.25) is 0 Å². The second-order valence-corrected chi connectivity index (χ2v) is 8.01. The van der Waals surface area contributed by atoms with Crippen LogP contribution in [0.3, 0.4) is 0 Å². The smallest absolute Gasteiger partial charge is 0.243 e. The summed E-state index contributed by atoms with van der Waals surface area (Å²) >= 11 is 1.28. The van der Waals surface area contributed by atoms with Gasteiger partial charge < -0.3 is 5.11 Å². The molecule has 112 valence electrons. The lowest BCUT2D eigenvalue weighted by molar-refractivity contribution is 0.285. The Bertz CT molecular complexity index is 710. The Morgan fingerprint density at radius 3 is 2.29 bits per heavy atom. The predicted molar refractivity (Wildman–Crippen MR) is 82.9 cm³/mol. The maximum Gasteiger partial charge on any atom is 0.243 e. The Hall–Kier alpha value is -1.21. The second kappa shape index (κ2) is 5.88. The molecule has 0 radical (unpaired) electrons. The van der Waals surface area contributed by atoms with E-state index in [0.717, 1.165) is 12.8 Å². The average molecular weight is 323 g/mol. The van der Waals surface area contributed by atoms with Crippen molar-refractivity contribution in [2.24, 2.45) is 0 Å². The first kappa shape index (κ1) is 14.7. The summed E-state index contributed by atoms with van der Waals surface area (Å²) in [5.41, 5.74) is 2.47. The van der Waals surface area contributed by atoms with Crippen LogP contribution in [0.4, 0.5) is 0 Å². The van der Waals surface area contributed by atoms with Gasteiger partial charge in [0.25, 0.3) is 0 Å². The van der Waals surface area contributed by atoms with Crippen LogP contribution < -0.4 is 0 Å².